The molecular formula is C16H28IN3O. The summed E-state index contributed by atoms with van der Waals surface area (Å²) >= 11 is 0. The molecule has 0 aliphatic carbocycles. The van der Waals surface area contributed by atoms with Gasteiger partial charge in [-0.15, -0.1) is 24.0 Å². The highest BCUT2D eigenvalue weighted by Gasteiger charge is 2.03. The van der Waals surface area contributed by atoms with Gasteiger partial charge in [0.1, 0.15) is 5.75 Å². The highest BCUT2D eigenvalue weighted by molar-refractivity contribution is 14.0. The Morgan fingerprint density at radius 1 is 1.14 bits per heavy atom. The summed E-state index contributed by atoms with van der Waals surface area (Å²) in [6.45, 7) is 10.5. The summed E-state index contributed by atoms with van der Waals surface area (Å²) in [5.41, 5.74) is 2.92. The van der Waals surface area contributed by atoms with Gasteiger partial charge >= 0.3 is 0 Å². The molecule has 120 valence electrons. The summed E-state index contributed by atoms with van der Waals surface area (Å²) < 4.78 is 0. The zero-order chi connectivity index (χ0) is 15.0. The molecule has 0 unspecified atom stereocenters. The lowest BCUT2D eigenvalue weighted by atomic mass is 10.1. The van der Waals surface area contributed by atoms with Crippen molar-refractivity contribution in [3.8, 4) is 5.75 Å². The Morgan fingerprint density at radius 2 is 1.76 bits per heavy atom. The van der Waals surface area contributed by atoms with Crippen molar-refractivity contribution in [1.82, 2.24) is 10.6 Å². The number of aromatic hydroxyl groups is 1. The third-order valence-electron chi connectivity index (χ3n) is 3.14. The van der Waals surface area contributed by atoms with Gasteiger partial charge in [-0.3, -0.25) is 0 Å². The topological polar surface area (TPSA) is 56.7 Å². The molecular weight excluding hydrogens is 377 g/mol. The monoisotopic (exact) mass is 405 g/mol. The Balaban J connectivity index is 0.00000400. The van der Waals surface area contributed by atoms with E-state index in [-0.39, 0.29) is 24.0 Å². The van der Waals surface area contributed by atoms with Crippen molar-refractivity contribution in [2.45, 2.75) is 47.1 Å². The largest absolute Gasteiger partial charge is 0.507 e. The van der Waals surface area contributed by atoms with Crippen molar-refractivity contribution in [2.75, 3.05) is 13.1 Å². The number of rotatable bonds is 6. The van der Waals surface area contributed by atoms with Crippen LogP contribution in [0.4, 0.5) is 0 Å². The molecule has 0 heterocycles. The van der Waals surface area contributed by atoms with Gasteiger partial charge < -0.3 is 15.7 Å². The normalized spacial score (nSPS) is 11.0. The summed E-state index contributed by atoms with van der Waals surface area (Å²) in [5, 5.41) is 16.3. The molecule has 0 aliphatic rings. The van der Waals surface area contributed by atoms with Crippen LogP contribution in [0.15, 0.2) is 17.1 Å². The Bertz CT molecular complexity index is 438. The minimum absolute atomic E-state index is 0. The molecule has 21 heavy (non-hydrogen) atoms. The number of phenolic OH excluding ortho intramolecular Hbond substituents is 1. The minimum atomic E-state index is 0. The number of halogens is 1. The van der Waals surface area contributed by atoms with E-state index in [1.807, 2.05) is 26.0 Å². The third kappa shape index (κ3) is 7.02. The maximum absolute atomic E-state index is 9.78. The van der Waals surface area contributed by atoms with Gasteiger partial charge in [-0.25, -0.2) is 4.99 Å². The van der Waals surface area contributed by atoms with Crippen LogP contribution in [0.2, 0.25) is 0 Å². The van der Waals surface area contributed by atoms with Gasteiger partial charge in [-0.05, 0) is 43.9 Å². The first kappa shape index (κ1) is 20.0. The zero-order valence-corrected chi connectivity index (χ0v) is 15.8. The van der Waals surface area contributed by atoms with Gasteiger partial charge in [-0.1, -0.05) is 25.5 Å². The predicted molar refractivity (Wildman–Crippen MR) is 101 cm³/mol. The van der Waals surface area contributed by atoms with Crippen molar-refractivity contribution in [1.29, 1.82) is 0 Å². The number of aryl methyl sites for hydroxylation is 2. The van der Waals surface area contributed by atoms with E-state index >= 15 is 0 Å². The standard InChI is InChI=1S/C16H27N3O.HI/c1-5-7-8-18-16(17-6-2)19-11-14-9-12(3)15(20)13(4)10-14;/h9-10,20H,5-8,11H2,1-4H3,(H2,17,18,19);1H. The van der Waals surface area contributed by atoms with Crippen LogP contribution in [-0.2, 0) is 6.54 Å². The Kier molecular flexibility index (Phi) is 10.2. The van der Waals surface area contributed by atoms with E-state index in [4.69, 9.17) is 0 Å². The summed E-state index contributed by atoms with van der Waals surface area (Å²) in [7, 11) is 0. The molecule has 0 saturated carbocycles. The number of guanidine groups is 1. The lowest BCUT2D eigenvalue weighted by Crippen LogP contribution is -2.37. The van der Waals surface area contributed by atoms with Crippen LogP contribution in [0, 0.1) is 13.8 Å². The van der Waals surface area contributed by atoms with Gasteiger partial charge in [0.05, 0.1) is 6.54 Å². The fourth-order valence-corrected chi connectivity index (χ4v) is 2.03. The highest BCUT2D eigenvalue weighted by atomic mass is 127. The molecule has 1 rings (SSSR count). The molecule has 0 atom stereocenters. The summed E-state index contributed by atoms with van der Waals surface area (Å²) in [5.74, 6) is 1.23. The first-order chi connectivity index (χ1) is 9.58. The molecule has 1 aromatic carbocycles. The van der Waals surface area contributed by atoms with Crippen LogP contribution >= 0.6 is 24.0 Å². The van der Waals surface area contributed by atoms with Crippen molar-refractivity contribution < 1.29 is 5.11 Å². The van der Waals surface area contributed by atoms with Crippen LogP contribution in [0.5, 0.6) is 5.75 Å². The highest BCUT2D eigenvalue weighted by Crippen LogP contribution is 2.23. The van der Waals surface area contributed by atoms with Crippen molar-refractivity contribution in [3.05, 3.63) is 28.8 Å². The fraction of sp³-hybridized carbons (Fsp3) is 0.562. The number of hydrogen-bond acceptors (Lipinski definition) is 2. The van der Waals surface area contributed by atoms with E-state index in [2.05, 4.69) is 29.5 Å². The zero-order valence-electron chi connectivity index (χ0n) is 13.5. The summed E-state index contributed by atoms with van der Waals surface area (Å²) in [4.78, 5) is 4.58. The molecule has 0 saturated heterocycles. The van der Waals surface area contributed by atoms with Gasteiger partial charge in [0.15, 0.2) is 5.96 Å². The van der Waals surface area contributed by atoms with Crippen LogP contribution in [0.1, 0.15) is 43.4 Å². The van der Waals surface area contributed by atoms with E-state index in [0.29, 0.717) is 12.3 Å². The van der Waals surface area contributed by atoms with Crippen molar-refractivity contribution >= 4 is 29.9 Å². The second-order valence-corrected chi connectivity index (χ2v) is 5.05. The smallest absolute Gasteiger partial charge is 0.191 e. The molecule has 0 aliphatic heterocycles. The molecule has 0 aromatic heterocycles. The van der Waals surface area contributed by atoms with E-state index in [1.54, 1.807) is 0 Å². The predicted octanol–water partition coefficient (Wildman–Crippen LogP) is 3.48. The first-order valence-electron chi connectivity index (χ1n) is 7.39. The second kappa shape index (κ2) is 10.7. The van der Waals surface area contributed by atoms with Gasteiger partial charge in [0.2, 0.25) is 0 Å². The number of hydrogen-bond donors (Lipinski definition) is 3. The molecule has 0 fully saturated rings. The lowest BCUT2D eigenvalue weighted by Gasteiger charge is -2.11. The minimum Gasteiger partial charge on any atom is -0.507 e. The van der Waals surface area contributed by atoms with Crippen LogP contribution < -0.4 is 10.6 Å². The molecule has 0 bridgehead atoms. The van der Waals surface area contributed by atoms with E-state index in [9.17, 15) is 5.11 Å². The number of aliphatic imine (C=N–C) groups is 1. The van der Waals surface area contributed by atoms with Crippen molar-refractivity contribution in [2.24, 2.45) is 4.99 Å². The average Bonchev–Trinajstić information content (AvgIpc) is 2.42. The van der Waals surface area contributed by atoms with Gasteiger partial charge in [0.25, 0.3) is 0 Å². The van der Waals surface area contributed by atoms with E-state index < -0.39 is 0 Å². The lowest BCUT2D eigenvalue weighted by molar-refractivity contribution is 0.466. The Hall–Kier alpha value is -0.980. The second-order valence-electron chi connectivity index (χ2n) is 5.05. The number of nitrogens with zero attached hydrogens (tertiary/aromatic N) is 1. The number of nitrogens with one attached hydrogen (secondary N) is 2. The molecule has 3 N–H and O–H groups in total. The fourth-order valence-electron chi connectivity index (χ4n) is 2.03. The maximum atomic E-state index is 9.78. The number of benzene rings is 1. The van der Waals surface area contributed by atoms with Gasteiger partial charge in [0, 0.05) is 13.1 Å². The van der Waals surface area contributed by atoms with Gasteiger partial charge in [-0.2, -0.15) is 0 Å². The Labute approximate surface area is 145 Å². The molecule has 0 spiro atoms. The maximum Gasteiger partial charge on any atom is 0.191 e. The molecule has 5 heteroatoms. The summed E-state index contributed by atoms with van der Waals surface area (Å²) in [6, 6.07) is 3.98. The summed E-state index contributed by atoms with van der Waals surface area (Å²) in [6.07, 6.45) is 2.31. The number of unbranched alkanes of at least 4 members (excludes halogenated alkanes) is 1. The average molecular weight is 405 g/mol. The third-order valence-corrected chi connectivity index (χ3v) is 3.14. The van der Waals surface area contributed by atoms with E-state index in [1.165, 1.54) is 6.42 Å². The number of phenols is 1. The Morgan fingerprint density at radius 3 is 2.29 bits per heavy atom. The van der Waals surface area contributed by atoms with Crippen molar-refractivity contribution in [3.63, 3.8) is 0 Å². The van der Waals surface area contributed by atoms with Crippen LogP contribution in [-0.4, -0.2) is 24.2 Å². The molecule has 1 aromatic rings. The molecule has 0 radical (unpaired) electrons. The van der Waals surface area contributed by atoms with Crippen LogP contribution in [0.25, 0.3) is 0 Å². The first-order valence-corrected chi connectivity index (χ1v) is 7.39. The SMILES string of the molecule is CCCCNC(=NCc1cc(C)c(O)c(C)c1)NCC.I. The van der Waals surface area contributed by atoms with Crippen LogP contribution in [0.3, 0.4) is 0 Å². The van der Waals surface area contributed by atoms with E-state index in [0.717, 1.165) is 42.2 Å². The molecule has 4 nitrogen and oxygen atoms in total. The molecule has 0 amide bonds. The quantitative estimate of drug-likeness (QED) is 0.294.